The Bertz CT molecular complexity index is 873. The third-order valence-corrected chi connectivity index (χ3v) is 5.49. The summed E-state index contributed by atoms with van der Waals surface area (Å²) in [6, 6.07) is 22.8. The lowest BCUT2D eigenvalue weighted by atomic mass is 9.82. The molecule has 0 saturated heterocycles. The molecule has 0 aromatic heterocycles. The maximum Gasteiger partial charge on any atom is 0.164 e. The molecule has 1 fully saturated rings. The second-order valence-corrected chi connectivity index (χ2v) is 7.21. The largest absolute Gasteiger partial charge is 0.294 e. The Morgan fingerprint density at radius 2 is 1.52 bits per heavy atom. The molecule has 0 atom stereocenters. The normalized spacial score (nSPS) is 15.4. The summed E-state index contributed by atoms with van der Waals surface area (Å²) in [6.07, 6.45) is 6.98. The molecule has 1 aliphatic rings. The van der Waals surface area contributed by atoms with E-state index < -0.39 is 0 Å². The standard InChI is InChI=1S/C24H24O/c25-23(17-18-9-3-1-4-10-18)24-21-14-8-7-13-20(21)15-16-22(24)19-11-5-2-6-12-19/h2,5-8,11-16,18H,1,3-4,9-10,17H2. The molecule has 0 unspecified atom stereocenters. The van der Waals surface area contributed by atoms with Crippen LogP contribution in [0, 0.1) is 5.92 Å². The van der Waals surface area contributed by atoms with Gasteiger partial charge in [-0.1, -0.05) is 98.8 Å². The van der Waals surface area contributed by atoms with Crippen molar-refractivity contribution in [1.82, 2.24) is 0 Å². The summed E-state index contributed by atoms with van der Waals surface area (Å²) in [5, 5.41) is 2.24. The van der Waals surface area contributed by atoms with Crippen LogP contribution < -0.4 is 0 Å². The summed E-state index contributed by atoms with van der Waals surface area (Å²) in [6.45, 7) is 0. The fraction of sp³-hybridized carbons (Fsp3) is 0.292. The number of carbonyl (C=O) groups excluding carboxylic acids is 1. The van der Waals surface area contributed by atoms with Gasteiger partial charge < -0.3 is 0 Å². The van der Waals surface area contributed by atoms with Crippen LogP contribution in [0.5, 0.6) is 0 Å². The number of hydrogen-bond donors (Lipinski definition) is 0. The molecule has 3 aromatic rings. The van der Waals surface area contributed by atoms with Gasteiger partial charge in [0.2, 0.25) is 0 Å². The lowest BCUT2D eigenvalue weighted by molar-refractivity contribution is 0.0952. The second kappa shape index (κ2) is 7.23. The molecule has 1 heteroatoms. The maximum absolute atomic E-state index is 13.3. The van der Waals surface area contributed by atoms with Crippen molar-refractivity contribution in [1.29, 1.82) is 0 Å². The zero-order valence-electron chi connectivity index (χ0n) is 14.6. The molecule has 0 heterocycles. The molecule has 0 bridgehead atoms. The summed E-state index contributed by atoms with van der Waals surface area (Å²) >= 11 is 0. The fourth-order valence-electron chi connectivity index (χ4n) is 4.19. The number of benzene rings is 3. The molecule has 0 aliphatic heterocycles. The minimum atomic E-state index is 0.308. The topological polar surface area (TPSA) is 17.1 Å². The minimum absolute atomic E-state index is 0.308. The predicted molar refractivity (Wildman–Crippen MR) is 105 cm³/mol. The van der Waals surface area contributed by atoms with E-state index in [1.807, 2.05) is 30.3 Å². The monoisotopic (exact) mass is 328 g/mol. The van der Waals surface area contributed by atoms with Crippen LogP contribution in [-0.2, 0) is 0 Å². The van der Waals surface area contributed by atoms with E-state index in [2.05, 4.69) is 36.4 Å². The van der Waals surface area contributed by atoms with Crippen LogP contribution in [0.2, 0.25) is 0 Å². The summed E-state index contributed by atoms with van der Waals surface area (Å²) in [5.74, 6) is 0.867. The van der Waals surface area contributed by atoms with Crippen molar-refractivity contribution in [3.8, 4) is 11.1 Å². The lowest BCUT2D eigenvalue weighted by Crippen LogP contribution is -2.13. The van der Waals surface area contributed by atoms with Gasteiger partial charge in [-0.25, -0.2) is 0 Å². The van der Waals surface area contributed by atoms with Gasteiger partial charge in [0.05, 0.1) is 0 Å². The van der Waals surface area contributed by atoms with Crippen LogP contribution in [0.15, 0.2) is 66.7 Å². The predicted octanol–water partition coefficient (Wildman–Crippen LogP) is 6.66. The summed E-state index contributed by atoms with van der Waals surface area (Å²) in [5.41, 5.74) is 3.11. The molecule has 126 valence electrons. The van der Waals surface area contributed by atoms with Crippen molar-refractivity contribution in [2.45, 2.75) is 38.5 Å². The van der Waals surface area contributed by atoms with Gasteiger partial charge in [0.25, 0.3) is 0 Å². The number of fused-ring (bicyclic) bond motifs is 1. The van der Waals surface area contributed by atoms with Crippen LogP contribution in [-0.4, -0.2) is 5.78 Å². The Labute approximate surface area is 149 Å². The van der Waals surface area contributed by atoms with E-state index in [0.717, 1.165) is 27.5 Å². The van der Waals surface area contributed by atoms with Crippen LogP contribution in [0.1, 0.15) is 48.9 Å². The highest BCUT2D eigenvalue weighted by molar-refractivity contribution is 6.13. The molecule has 0 radical (unpaired) electrons. The Kier molecular flexibility index (Phi) is 4.65. The van der Waals surface area contributed by atoms with Crippen molar-refractivity contribution in [2.24, 2.45) is 5.92 Å². The van der Waals surface area contributed by atoms with E-state index in [-0.39, 0.29) is 0 Å². The molecule has 1 aliphatic carbocycles. The first-order valence-corrected chi connectivity index (χ1v) is 9.43. The zero-order valence-corrected chi connectivity index (χ0v) is 14.6. The first-order chi connectivity index (χ1) is 12.3. The molecule has 1 nitrogen and oxygen atoms in total. The summed E-state index contributed by atoms with van der Waals surface area (Å²) in [7, 11) is 0. The van der Waals surface area contributed by atoms with Crippen LogP contribution in [0.4, 0.5) is 0 Å². The first kappa shape index (κ1) is 16.1. The van der Waals surface area contributed by atoms with Crippen molar-refractivity contribution < 1.29 is 4.79 Å². The van der Waals surface area contributed by atoms with Crippen LogP contribution >= 0.6 is 0 Å². The second-order valence-electron chi connectivity index (χ2n) is 7.21. The van der Waals surface area contributed by atoms with E-state index in [9.17, 15) is 4.79 Å². The molecule has 0 amide bonds. The van der Waals surface area contributed by atoms with Crippen molar-refractivity contribution in [3.05, 3.63) is 72.3 Å². The molecular weight excluding hydrogens is 304 g/mol. The Morgan fingerprint density at radius 3 is 2.32 bits per heavy atom. The van der Waals surface area contributed by atoms with Crippen molar-refractivity contribution in [3.63, 3.8) is 0 Å². The van der Waals surface area contributed by atoms with Gasteiger partial charge in [-0.3, -0.25) is 4.79 Å². The van der Waals surface area contributed by atoms with Crippen molar-refractivity contribution >= 4 is 16.6 Å². The van der Waals surface area contributed by atoms with Gasteiger partial charge >= 0.3 is 0 Å². The highest BCUT2D eigenvalue weighted by atomic mass is 16.1. The average molecular weight is 328 g/mol. The third-order valence-electron chi connectivity index (χ3n) is 5.49. The smallest absolute Gasteiger partial charge is 0.164 e. The van der Waals surface area contributed by atoms with E-state index in [1.165, 1.54) is 32.1 Å². The molecule has 0 N–H and O–H groups in total. The van der Waals surface area contributed by atoms with Gasteiger partial charge in [0.15, 0.2) is 5.78 Å². The van der Waals surface area contributed by atoms with Gasteiger partial charge in [-0.15, -0.1) is 0 Å². The molecule has 3 aromatic carbocycles. The Morgan fingerprint density at radius 1 is 0.800 bits per heavy atom. The average Bonchev–Trinajstić information content (AvgIpc) is 2.68. The van der Waals surface area contributed by atoms with Gasteiger partial charge in [-0.05, 0) is 27.8 Å². The molecular formula is C24H24O. The minimum Gasteiger partial charge on any atom is -0.294 e. The van der Waals surface area contributed by atoms with E-state index in [4.69, 9.17) is 0 Å². The number of hydrogen-bond acceptors (Lipinski definition) is 1. The van der Waals surface area contributed by atoms with E-state index >= 15 is 0 Å². The quantitative estimate of drug-likeness (QED) is 0.489. The summed E-state index contributed by atoms with van der Waals surface area (Å²) < 4.78 is 0. The highest BCUT2D eigenvalue weighted by Crippen LogP contribution is 2.34. The van der Waals surface area contributed by atoms with E-state index in [0.29, 0.717) is 18.1 Å². The lowest BCUT2D eigenvalue weighted by Gasteiger charge is -2.22. The molecule has 1 saturated carbocycles. The Balaban J connectivity index is 1.80. The number of carbonyl (C=O) groups is 1. The number of Topliss-reactive ketones (excluding diaryl/α,β-unsaturated/α-hetero) is 1. The number of ketones is 1. The summed E-state index contributed by atoms with van der Waals surface area (Å²) in [4.78, 5) is 13.3. The van der Waals surface area contributed by atoms with Gasteiger partial charge in [-0.2, -0.15) is 0 Å². The van der Waals surface area contributed by atoms with Crippen LogP contribution in [0.3, 0.4) is 0 Å². The fourth-order valence-corrected chi connectivity index (χ4v) is 4.19. The molecule has 0 spiro atoms. The maximum atomic E-state index is 13.3. The highest BCUT2D eigenvalue weighted by Gasteiger charge is 2.22. The molecule has 4 rings (SSSR count). The SMILES string of the molecule is O=C(CC1CCCCC1)c1c(-c2ccccc2)ccc2ccccc12. The first-order valence-electron chi connectivity index (χ1n) is 9.43. The van der Waals surface area contributed by atoms with Gasteiger partial charge in [0, 0.05) is 12.0 Å². The van der Waals surface area contributed by atoms with Gasteiger partial charge in [0.1, 0.15) is 0 Å². The Hall–Kier alpha value is -2.41. The van der Waals surface area contributed by atoms with E-state index in [1.54, 1.807) is 0 Å². The van der Waals surface area contributed by atoms with Crippen molar-refractivity contribution in [2.75, 3.05) is 0 Å². The number of rotatable bonds is 4. The molecule has 25 heavy (non-hydrogen) atoms. The zero-order chi connectivity index (χ0) is 17.1. The van der Waals surface area contributed by atoms with Crippen LogP contribution in [0.25, 0.3) is 21.9 Å². The third kappa shape index (κ3) is 3.37.